The average molecular weight is 242 g/mol. The van der Waals surface area contributed by atoms with E-state index in [1.807, 2.05) is 0 Å². The Morgan fingerprint density at radius 1 is 1.41 bits per heavy atom. The van der Waals surface area contributed by atoms with Gasteiger partial charge in [-0.25, -0.2) is 4.39 Å². The highest BCUT2D eigenvalue weighted by molar-refractivity contribution is 5.70. The molecule has 0 aliphatic carbocycles. The molecule has 0 spiro atoms. The van der Waals surface area contributed by atoms with Gasteiger partial charge in [0.25, 0.3) is 0 Å². The van der Waals surface area contributed by atoms with E-state index in [0.717, 1.165) is 0 Å². The molecule has 1 aromatic carbocycles. The summed E-state index contributed by atoms with van der Waals surface area (Å²) in [5.41, 5.74) is 0.224. The van der Waals surface area contributed by atoms with E-state index < -0.39 is 17.7 Å². The van der Waals surface area contributed by atoms with E-state index in [1.165, 1.54) is 33.3 Å². The molecule has 0 aromatic heterocycles. The van der Waals surface area contributed by atoms with E-state index in [0.29, 0.717) is 5.75 Å². The SMILES string of the molecule is COc1ccc(F)c(CC(C)C(=O)O)c1OC. The molecule has 0 saturated heterocycles. The van der Waals surface area contributed by atoms with E-state index in [9.17, 15) is 9.18 Å². The molecule has 5 heteroatoms. The van der Waals surface area contributed by atoms with E-state index in [-0.39, 0.29) is 17.7 Å². The van der Waals surface area contributed by atoms with Crippen LogP contribution in [0.25, 0.3) is 0 Å². The van der Waals surface area contributed by atoms with Crippen LogP contribution in [0, 0.1) is 11.7 Å². The van der Waals surface area contributed by atoms with Crippen molar-refractivity contribution in [2.24, 2.45) is 5.92 Å². The topological polar surface area (TPSA) is 55.8 Å². The molecule has 1 atom stereocenters. The first-order valence-corrected chi connectivity index (χ1v) is 5.13. The number of methoxy groups -OCH3 is 2. The molecule has 4 nitrogen and oxygen atoms in total. The number of halogens is 1. The van der Waals surface area contributed by atoms with E-state index in [1.54, 1.807) is 0 Å². The number of carboxylic acids is 1. The van der Waals surface area contributed by atoms with Crippen molar-refractivity contribution in [3.63, 3.8) is 0 Å². The zero-order chi connectivity index (χ0) is 13.0. The first-order chi connectivity index (χ1) is 8.01. The van der Waals surface area contributed by atoms with Gasteiger partial charge in [-0.2, -0.15) is 0 Å². The Morgan fingerprint density at radius 3 is 2.53 bits per heavy atom. The standard InChI is InChI=1S/C12H15FO4/c1-7(12(14)15)6-8-9(13)4-5-10(16-2)11(8)17-3/h4-5,7H,6H2,1-3H3,(H,14,15). The minimum atomic E-state index is -0.978. The molecule has 0 heterocycles. The number of aliphatic carboxylic acids is 1. The summed E-state index contributed by atoms with van der Waals surface area (Å²) in [5.74, 6) is -1.52. The van der Waals surface area contributed by atoms with Crippen LogP contribution >= 0.6 is 0 Å². The largest absolute Gasteiger partial charge is 0.493 e. The number of hydrogen-bond acceptors (Lipinski definition) is 3. The summed E-state index contributed by atoms with van der Waals surface area (Å²) in [4.78, 5) is 10.8. The Bertz CT molecular complexity index is 417. The maximum atomic E-state index is 13.6. The zero-order valence-corrected chi connectivity index (χ0v) is 9.99. The molecule has 1 N–H and O–H groups in total. The van der Waals surface area contributed by atoms with Crippen molar-refractivity contribution in [2.45, 2.75) is 13.3 Å². The second-order valence-electron chi connectivity index (χ2n) is 3.70. The molecule has 17 heavy (non-hydrogen) atoms. The number of benzene rings is 1. The third-order valence-corrected chi connectivity index (χ3v) is 2.52. The molecular formula is C12H15FO4. The van der Waals surface area contributed by atoms with Crippen molar-refractivity contribution in [3.8, 4) is 11.5 Å². The molecule has 1 unspecified atom stereocenters. The quantitative estimate of drug-likeness (QED) is 0.859. The molecule has 0 amide bonds. The van der Waals surface area contributed by atoms with Gasteiger partial charge in [-0.3, -0.25) is 4.79 Å². The first kappa shape index (κ1) is 13.3. The highest BCUT2D eigenvalue weighted by atomic mass is 19.1. The maximum absolute atomic E-state index is 13.6. The van der Waals surface area contributed by atoms with Gasteiger partial charge in [0.05, 0.1) is 20.1 Å². The van der Waals surface area contributed by atoms with Gasteiger partial charge in [0.2, 0.25) is 0 Å². The van der Waals surface area contributed by atoms with Crippen LogP contribution in [0.2, 0.25) is 0 Å². The summed E-state index contributed by atoms with van der Waals surface area (Å²) < 4.78 is 23.8. The van der Waals surface area contributed by atoms with Crippen molar-refractivity contribution in [1.29, 1.82) is 0 Å². The van der Waals surface area contributed by atoms with Crippen molar-refractivity contribution in [2.75, 3.05) is 14.2 Å². The maximum Gasteiger partial charge on any atom is 0.306 e. The van der Waals surface area contributed by atoms with Crippen LogP contribution in [0.5, 0.6) is 11.5 Å². The number of hydrogen-bond donors (Lipinski definition) is 1. The Kier molecular flexibility index (Phi) is 4.31. The highest BCUT2D eigenvalue weighted by Gasteiger charge is 2.20. The van der Waals surface area contributed by atoms with Crippen LogP contribution in [0.15, 0.2) is 12.1 Å². The van der Waals surface area contributed by atoms with Gasteiger partial charge < -0.3 is 14.6 Å². The van der Waals surface area contributed by atoms with E-state index in [4.69, 9.17) is 14.6 Å². The monoisotopic (exact) mass is 242 g/mol. The summed E-state index contributed by atoms with van der Waals surface area (Å²) in [7, 11) is 2.84. The molecule has 1 aromatic rings. The summed E-state index contributed by atoms with van der Waals surface area (Å²) in [6, 6.07) is 2.69. The zero-order valence-electron chi connectivity index (χ0n) is 9.99. The summed E-state index contributed by atoms with van der Waals surface area (Å²) >= 11 is 0. The highest BCUT2D eigenvalue weighted by Crippen LogP contribution is 2.34. The predicted molar refractivity (Wildman–Crippen MR) is 60.0 cm³/mol. The molecule has 0 bridgehead atoms. The smallest absolute Gasteiger partial charge is 0.306 e. The third kappa shape index (κ3) is 2.87. The van der Waals surface area contributed by atoms with Gasteiger partial charge in [-0.15, -0.1) is 0 Å². The molecule has 0 fully saturated rings. The van der Waals surface area contributed by atoms with Crippen molar-refractivity contribution in [1.82, 2.24) is 0 Å². The lowest BCUT2D eigenvalue weighted by atomic mass is 9.99. The molecule has 0 aliphatic heterocycles. The second-order valence-corrected chi connectivity index (χ2v) is 3.70. The molecule has 0 saturated carbocycles. The lowest BCUT2D eigenvalue weighted by molar-refractivity contribution is -0.141. The van der Waals surface area contributed by atoms with Gasteiger partial charge in [-0.1, -0.05) is 6.92 Å². The van der Waals surface area contributed by atoms with Gasteiger partial charge in [-0.05, 0) is 18.6 Å². The molecule has 0 radical (unpaired) electrons. The van der Waals surface area contributed by atoms with Gasteiger partial charge >= 0.3 is 5.97 Å². The summed E-state index contributed by atoms with van der Waals surface area (Å²) in [6.07, 6.45) is 0.0571. The normalized spacial score (nSPS) is 12.0. The molecule has 0 aliphatic rings. The van der Waals surface area contributed by atoms with Gasteiger partial charge in [0.15, 0.2) is 11.5 Å². The van der Waals surface area contributed by atoms with Crippen LogP contribution in [0.1, 0.15) is 12.5 Å². The second kappa shape index (κ2) is 5.52. The van der Waals surface area contributed by atoms with Gasteiger partial charge in [0.1, 0.15) is 5.82 Å². The lowest BCUT2D eigenvalue weighted by Gasteiger charge is -2.15. The Morgan fingerprint density at radius 2 is 2.06 bits per heavy atom. The molecular weight excluding hydrogens is 227 g/mol. The van der Waals surface area contributed by atoms with E-state index in [2.05, 4.69) is 0 Å². The molecule has 94 valence electrons. The fourth-order valence-corrected chi connectivity index (χ4v) is 1.55. The van der Waals surface area contributed by atoms with Crippen LogP contribution in [0.4, 0.5) is 4.39 Å². The predicted octanol–water partition coefficient (Wildman–Crippen LogP) is 2.11. The minimum absolute atomic E-state index is 0.0571. The van der Waals surface area contributed by atoms with Gasteiger partial charge in [0, 0.05) is 5.56 Å². The van der Waals surface area contributed by atoms with Crippen LogP contribution in [-0.2, 0) is 11.2 Å². The van der Waals surface area contributed by atoms with Crippen LogP contribution in [-0.4, -0.2) is 25.3 Å². The average Bonchev–Trinajstić information content (AvgIpc) is 2.31. The Labute approximate surface area is 99.0 Å². The third-order valence-electron chi connectivity index (χ3n) is 2.52. The van der Waals surface area contributed by atoms with Crippen LogP contribution in [0.3, 0.4) is 0 Å². The fraction of sp³-hybridized carbons (Fsp3) is 0.417. The first-order valence-electron chi connectivity index (χ1n) is 5.13. The number of rotatable bonds is 5. The van der Waals surface area contributed by atoms with Crippen LogP contribution < -0.4 is 9.47 Å². The number of carbonyl (C=O) groups is 1. The number of ether oxygens (including phenoxy) is 2. The Balaban J connectivity index is 3.16. The lowest BCUT2D eigenvalue weighted by Crippen LogP contribution is -2.14. The van der Waals surface area contributed by atoms with Crippen molar-refractivity contribution >= 4 is 5.97 Å². The summed E-state index contributed by atoms with van der Waals surface area (Å²) in [5, 5.41) is 8.83. The van der Waals surface area contributed by atoms with E-state index >= 15 is 0 Å². The van der Waals surface area contributed by atoms with Crippen molar-refractivity contribution in [3.05, 3.63) is 23.5 Å². The minimum Gasteiger partial charge on any atom is -0.493 e. The Hall–Kier alpha value is -1.78. The fourth-order valence-electron chi connectivity index (χ4n) is 1.55. The van der Waals surface area contributed by atoms with Crippen molar-refractivity contribution < 1.29 is 23.8 Å². The molecule has 1 rings (SSSR count). The number of carboxylic acid groups (broad SMARTS) is 1. The summed E-state index contributed by atoms with van der Waals surface area (Å²) in [6.45, 7) is 1.51.